The quantitative estimate of drug-likeness (QED) is 0.500. The zero-order valence-corrected chi connectivity index (χ0v) is 14.2. The summed E-state index contributed by atoms with van der Waals surface area (Å²) in [6.07, 6.45) is 2.75. The van der Waals surface area contributed by atoms with Gasteiger partial charge in [0, 0.05) is 12.6 Å². The van der Waals surface area contributed by atoms with Crippen molar-refractivity contribution in [2.75, 3.05) is 11.9 Å². The van der Waals surface area contributed by atoms with Crippen molar-refractivity contribution >= 4 is 17.4 Å². The third kappa shape index (κ3) is 3.10. The lowest BCUT2D eigenvalue weighted by Gasteiger charge is -2.28. The predicted octanol–water partition coefficient (Wildman–Crippen LogP) is 3.54. The van der Waals surface area contributed by atoms with Gasteiger partial charge in [-0.15, -0.1) is 0 Å². The number of rotatable bonds is 4. The number of anilines is 1. The Bertz CT molecular complexity index is 783. The van der Waals surface area contributed by atoms with Gasteiger partial charge in [0.2, 0.25) is 12.1 Å². The Balaban J connectivity index is 2.07. The second-order valence-corrected chi connectivity index (χ2v) is 6.25. The standard InChI is InChI=1S/C18H18F3NO4/c1-2-25-18-10(8-23)16(24)11-12(19)13(20)15(14(21)17(11)26-18)22-9-6-4-3-5-7-9/h9,18,22H,2-7H2,1H3. The van der Waals surface area contributed by atoms with Crippen LogP contribution in [0.2, 0.25) is 0 Å². The third-order valence-corrected chi connectivity index (χ3v) is 4.59. The maximum Gasteiger partial charge on any atom is 0.241 e. The van der Waals surface area contributed by atoms with Crippen molar-refractivity contribution in [3.05, 3.63) is 28.6 Å². The van der Waals surface area contributed by atoms with Crippen molar-refractivity contribution < 1.29 is 32.2 Å². The molecule has 0 bridgehead atoms. The number of benzene rings is 1. The lowest BCUT2D eigenvalue weighted by atomic mass is 9.94. The predicted molar refractivity (Wildman–Crippen MR) is 86.4 cm³/mol. The number of carbonyl (C=O) groups excluding carboxylic acids is 2. The zero-order valence-electron chi connectivity index (χ0n) is 14.2. The van der Waals surface area contributed by atoms with Gasteiger partial charge in [-0.25, -0.2) is 18.0 Å². The van der Waals surface area contributed by atoms with Crippen molar-refractivity contribution in [1.82, 2.24) is 0 Å². The van der Waals surface area contributed by atoms with Crippen molar-refractivity contribution in [2.24, 2.45) is 0 Å². The lowest BCUT2D eigenvalue weighted by Crippen LogP contribution is -2.35. The van der Waals surface area contributed by atoms with E-state index in [1.807, 2.05) is 0 Å². The monoisotopic (exact) mass is 369 g/mol. The minimum Gasteiger partial charge on any atom is -0.456 e. The van der Waals surface area contributed by atoms with Crippen LogP contribution in [0.15, 0.2) is 5.57 Å². The molecule has 26 heavy (non-hydrogen) atoms. The molecule has 1 aromatic carbocycles. The molecule has 0 saturated heterocycles. The average molecular weight is 369 g/mol. The van der Waals surface area contributed by atoms with Gasteiger partial charge < -0.3 is 14.8 Å². The molecule has 1 saturated carbocycles. The van der Waals surface area contributed by atoms with Gasteiger partial charge in [0.25, 0.3) is 0 Å². The number of halogens is 3. The molecule has 1 N–H and O–H groups in total. The molecule has 1 heterocycles. The van der Waals surface area contributed by atoms with Gasteiger partial charge >= 0.3 is 0 Å². The highest BCUT2D eigenvalue weighted by molar-refractivity contribution is 6.16. The van der Waals surface area contributed by atoms with Crippen LogP contribution in [0.4, 0.5) is 18.9 Å². The lowest BCUT2D eigenvalue weighted by molar-refractivity contribution is -0.0522. The first-order valence-electron chi connectivity index (χ1n) is 8.54. The van der Waals surface area contributed by atoms with Gasteiger partial charge in [-0.3, -0.25) is 4.79 Å². The molecule has 1 unspecified atom stereocenters. The topological polar surface area (TPSA) is 64.6 Å². The van der Waals surface area contributed by atoms with Crippen LogP contribution in [0.3, 0.4) is 0 Å². The molecule has 1 fully saturated rings. The van der Waals surface area contributed by atoms with Crippen LogP contribution < -0.4 is 10.1 Å². The molecule has 1 aliphatic heterocycles. The average Bonchev–Trinajstić information content (AvgIpc) is 2.64. The van der Waals surface area contributed by atoms with E-state index < -0.39 is 52.1 Å². The van der Waals surface area contributed by atoms with Crippen molar-refractivity contribution in [1.29, 1.82) is 0 Å². The fourth-order valence-electron chi connectivity index (χ4n) is 3.30. The summed E-state index contributed by atoms with van der Waals surface area (Å²) in [5.41, 5.74) is -2.29. The number of carbonyl (C=O) groups is 1. The summed E-state index contributed by atoms with van der Waals surface area (Å²) in [4.78, 5) is 23.3. The van der Waals surface area contributed by atoms with Crippen LogP contribution >= 0.6 is 0 Å². The second kappa shape index (κ2) is 7.51. The highest BCUT2D eigenvalue weighted by atomic mass is 19.2. The first-order valence-corrected chi connectivity index (χ1v) is 8.54. The van der Waals surface area contributed by atoms with Crippen molar-refractivity contribution in [3.8, 4) is 5.75 Å². The van der Waals surface area contributed by atoms with E-state index >= 15 is 0 Å². The first kappa shape index (κ1) is 18.5. The number of ether oxygens (including phenoxy) is 2. The molecule has 3 rings (SSSR count). The molecule has 2 aliphatic rings. The second-order valence-electron chi connectivity index (χ2n) is 6.25. The van der Waals surface area contributed by atoms with E-state index in [0.717, 1.165) is 19.3 Å². The van der Waals surface area contributed by atoms with Crippen LogP contribution in [0.25, 0.3) is 0 Å². The van der Waals surface area contributed by atoms with Crippen LogP contribution in [0.5, 0.6) is 5.75 Å². The molecule has 140 valence electrons. The Morgan fingerprint density at radius 1 is 1.15 bits per heavy atom. The summed E-state index contributed by atoms with van der Waals surface area (Å²) in [6, 6.07) is -0.197. The Kier molecular flexibility index (Phi) is 5.34. The van der Waals surface area contributed by atoms with E-state index in [2.05, 4.69) is 5.32 Å². The van der Waals surface area contributed by atoms with E-state index in [9.17, 15) is 22.8 Å². The maximum absolute atomic E-state index is 14.9. The minimum absolute atomic E-state index is 0.0525. The van der Waals surface area contributed by atoms with Crippen LogP contribution in [-0.2, 0) is 9.53 Å². The van der Waals surface area contributed by atoms with Gasteiger partial charge in [-0.2, -0.15) is 0 Å². The number of hydrogen-bond donors (Lipinski definition) is 1. The minimum atomic E-state index is -1.56. The fourth-order valence-corrected chi connectivity index (χ4v) is 3.30. The molecule has 0 spiro atoms. The summed E-state index contributed by atoms with van der Waals surface area (Å²) >= 11 is 0. The van der Waals surface area contributed by atoms with Crippen molar-refractivity contribution in [2.45, 2.75) is 51.4 Å². The summed E-state index contributed by atoms with van der Waals surface area (Å²) < 4.78 is 54.0. The molecule has 0 amide bonds. The smallest absolute Gasteiger partial charge is 0.241 e. The Morgan fingerprint density at radius 3 is 2.46 bits per heavy atom. The molecule has 1 aromatic rings. The molecule has 5 nitrogen and oxygen atoms in total. The highest BCUT2D eigenvalue weighted by Gasteiger charge is 2.41. The van der Waals surface area contributed by atoms with E-state index in [0.29, 0.717) is 12.8 Å². The number of ketones is 1. The molecule has 1 atom stereocenters. The van der Waals surface area contributed by atoms with Gasteiger partial charge in [-0.1, -0.05) is 19.3 Å². The van der Waals surface area contributed by atoms with E-state index in [1.54, 1.807) is 6.92 Å². The third-order valence-electron chi connectivity index (χ3n) is 4.59. The molecule has 0 radical (unpaired) electrons. The number of fused-ring (bicyclic) bond motifs is 1. The van der Waals surface area contributed by atoms with Crippen LogP contribution in [0, 0.1) is 17.5 Å². The number of hydrogen-bond acceptors (Lipinski definition) is 5. The highest BCUT2D eigenvalue weighted by Crippen LogP contribution is 2.40. The van der Waals surface area contributed by atoms with Crippen LogP contribution in [0.1, 0.15) is 49.4 Å². The molecule has 0 aromatic heterocycles. The Morgan fingerprint density at radius 2 is 1.85 bits per heavy atom. The van der Waals surface area contributed by atoms with Crippen molar-refractivity contribution in [3.63, 3.8) is 0 Å². The molecular weight excluding hydrogens is 351 g/mol. The number of Topliss-reactive ketones (excluding diaryl/α,β-unsaturated/α-hetero) is 1. The number of nitrogens with one attached hydrogen (secondary N) is 1. The largest absolute Gasteiger partial charge is 0.456 e. The summed E-state index contributed by atoms with van der Waals surface area (Å²) in [7, 11) is 0. The first-order chi connectivity index (χ1) is 12.5. The van der Waals surface area contributed by atoms with Gasteiger partial charge in [0.15, 0.2) is 28.8 Å². The van der Waals surface area contributed by atoms with E-state index in [-0.39, 0.29) is 12.6 Å². The molecule has 1 aliphatic carbocycles. The normalized spacial score (nSPS) is 20.4. The molecule has 8 heteroatoms. The summed E-state index contributed by atoms with van der Waals surface area (Å²) in [5, 5.41) is 2.69. The Labute approximate surface area is 148 Å². The zero-order chi connectivity index (χ0) is 18.8. The SMILES string of the molecule is CCOC1Oc2c(F)c(NC3CCCCC3)c(F)c(F)c2C(=O)C1=C=O. The summed E-state index contributed by atoms with van der Waals surface area (Å²) in [6.45, 7) is 1.63. The maximum atomic E-state index is 14.9. The van der Waals surface area contributed by atoms with Gasteiger partial charge in [-0.05, 0) is 19.8 Å². The molecular formula is C18H18F3NO4. The Hall–Kier alpha value is -2.31. The van der Waals surface area contributed by atoms with Gasteiger partial charge in [0.1, 0.15) is 17.2 Å². The van der Waals surface area contributed by atoms with Crippen LogP contribution in [-0.4, -0.2) is 30.7 Å². The van der Waals surface area contributed by atoms with E-state index in [1.165, 1.54) is 5.94 Å². The fraction of sp³-hybridized carbons (Fsp3) is 0.500. The van der Waals surface area contributed by atoms with E-state index in [4.69, 9.17) is 9.47 Å². The van der Waals surface area contributed by atoms with Gasteiger partial charge in [0.05, 0.1) is 0 Å². The summed E-state index contributed by atoms with van der Waals surface area (Å²) in [5.74, 6) is -4.93.